The van der Waals surface area contributed by atoms with Crippen LogP contribution in [0.3, 0.4) is 0 Å². The van der Waals surface area contributed by atoms with E-state index in [0.29, 0.717) is 50.8 Å². The summed E-state index contributed by atoms with van der Waals surface area (Å²) < 4.78 is 10.7. The van der Waals surface area contributed by atoms with E-state index >= 15 is 0 Å². The number of piperazine rings is 1. The van der Waals surface area contributed by atoms with Crippen molar-refractivity contribution < 1.29 is 19.2 Å². The van der Waals surface area contributed by atoms with Gasteiger partial charge in [-0.15, -0.1) is 0 Å². The van der Waals surface area contributed by atoms with Crippen LogP contribution in [-0.2, 0) is 11.2 Å². The van der Waals surface area contributed by atoms with E-state index in [4.69, 9.17) is 14.4 Å². The van der Waals surface area contributed by atoms with Crippen molar-refractivity contribution in [3.8, 4) is 17.1 Å². The van der Waals surface area contributed by atoms with Crippen molar-refractivity contribution >= 4 is 5.91 Å². The van der Waals surface area contributed by atoms with E-state index in [-0.39, 0.29) is 12.5 Å². The van der Waals surface area contributed by atoms with Gasteiger partial charge < -0.3 is 19.3 Å². The van der Waals surface area contributed by atoms with Gasteiger partial charge in [0, 0.05) is 51.1 Å². The van der Waals surface area contributed by atoms with Gasteiger partial charge in [-0.25, -0.2) is 0 Å². The van der Waals surface area contributed by atoms with Crippen molar-refractivity contribution in [2.45, 2.75) is 19.8 Å². The van der Waals surface area contributed by atoms with Crippen LogP contribution in [0, 0.1) is 0 Å². The van der Waals surface area contributed by atoms with Crippen molar-refractivity contribution in [3.63, 3.8) is 0 Å². The predicted octanol–water partition coefficient (Wildman–Crippen LogP) is 1.20. The summed E-state index contributed by atoms with van der Waals surface area (Å²) in [6.45, 7) is 6.37. The lowest BCUT2D eigenvalue weighted by atomic mass is 10.2. The van der Waals surface area contributed by atoms with Crippen molar-refractivity contribution in [1.82, 2.24) is 19.9 Å². The molecule has 1 N–H and O–H groups in total. The molecule has 1 fully saturated rings. The number of carbonyl (C=O) groups excluding carboxylic acids is 1. The Hall–Kier alpha value is -2.45. The first-order valence-electron chi connectivity index (χ1n) is 9.36. The number of β-amino-alcohol motifs (C(OH)–C–C–N with tert-alkyl or cyclic N) is 1. The summed E-state index contributed by atoms with van der Waals surface area (Å²) in [5.41, 5.74) is 0.847. The number of aliphatic hydroxyl groups excluding tert-OH is 1. The second-order valence-corrected chi connectivity index (χ2v) is 6.42. The first-order chi connectivity index (χ1) is 13.2. The predicted molar refractivity (Wildman–Crippen MR) is 99.3 cm³/mol. The number of amides is 1. The Morgan fingerprint density at radius 1 is 1.22 bits per heavy atom. The maximum atomic E-state index is 12.4. The number of carbonyl (C=O) groups is 1. The Morgan fingerprint density at radius 3 is 2.63 bits per heavy atom. The van der Waals surface area contributed by atoms with Gasteiger partial charge >= 0.3 is 0 Å². The molecule has 3 rings (SSSR count). The number of rotatable bonds is 8. The zero-order chi connectivity index (χ0) is 19.1. The van der Waals surface area contributed by atoms with Gasteiger partial charge in [0.15, 0.2) is 0 Å². The molecular formula is C19H26N4O4. The van der Waals surface area contributed by atoms with Gasteiger partial charge in [-0.2, -0.15) is 4.98 Å². The fourth-order valence-electron chi connectivity index (χ4n) is 3.07. The zero-order valence-electron chi connectivity index (χ0n) is 15.6. The number of ether oxygens (including phenoxy) is 1. The van der Waals surface area contributed by atoms with E-state index in [1.807, 2.05) is 36.1 Å². The molecule has 8 nitrogen and oxygen atoms in total. The van der Waals surface area contributed by atoms with Crippen LogP contribution in [0.2, 0.25) is 0 Å². The monoisotopic (exact) mass is 374 g/mol. The summed E-state index contributed by atoms with van der Waals surface area (Å²) in [4.78, 5) is 20.8. The Bertz CT molecular complexity index is 724. The Kier molecular flexibility index (Phi) is 6.78. The molecule has 0 aliphatic carbocycles. The molecular weight excluding hydrogens is 348 g/mol. The van der Waals surface area contributed by atoms with Crippen molar-refractivity contribution in [1.29, 1.82) is 0 Å². The number of hydrogen-bond acceptors (Lipinski definition) is 7. The van der Waals surface area contributed by atoms with E-state index in [1.165, 1.54) is 0 Å². The second-order valence-electron chi connectivity index (χ2n) is 6.42. The molecule has 146 valence electrons. The summed E-state index contributed by atoms with van der Waals surface area (Å²) >= 11 is 0. The molecule has 27 heavy (non-hydrogen) atoms. The van der Waals surface area contributed by atoms with Crippen LogP contribution in [-0.4, -0.2) is 76.9 Å². The highest BCUT2D eigenvalue weighted by molar-refractivity contribution is 5.76. The fraction of sp³-hybridized carbons (Fsp3) is 0.526. The van der Waals surface area contributed by atoms with Crippen LogP contribution in [0.5, 0.6) is 5.75 Å². The van der Waals surface area contributed by atoms with Crippen molar-refractivity contribution in [2.75, 3.05) is 45.9 Å². The van der Waals surface area contributed by atoms with E-state index in [2.05, 4.69) is 15.0 Å². The SMILES string of the molecule is CCOc1ccc(-c2noc(CCC(=O)N3CCN(CCO)CC3)n2)cc1. The van der Waals surface area contributed by atoms with Gasteiger partial charge in [0.25, 0.3) is 0 Å². The average Bonchev–Trinajstić information content (AvgIpc) is 3.17. The molecule has 0 atom stereocenters. The van der Waals surface area contributed by atoms with Gasteiger partial charge in [-0.3, -0.25) is 9.69 Å². The van der Waals surface area contributed by atoms with Crippen LogP contribution in [0.15, 0.2) is 28.8 Å². The van der Waals surface area contributed by atoms with Gasteiger partial charge in [-0.1, -0.05) is 5.16 Å². The fourth-order valence-corrected chi connectivity index (χ4v) is 3.07. The molecule has 0 radical (unpaired) electrons. The molecule has 1 aliphatic rings. The number of aromatic nitrogens is 2. The minimum absolute atomic E-state index is 0.0967. The molecule has 1 saturated heterocycles. The maximum absolute atomic E-state index is 12.4. The van der Waals surface area contributed by atoms with Gasteiger partial charge in [0.2, 0.25) is 17.6 Å². The topological polar surface area (TPSA) is 91.9 Å². The molecule has 1 amide bonds. The molecule has 0 spiro atoms. The minimum Gasteiger partial charge on any atom is -0.494 e. The Morgan fingerprint density at radius 2 is 1.96 bits per heavy atom. The van der Waals surface area contributed by atoms with E-state index in [1.54, 1.807) is 0 Å². The number of benzene rings is 1. The number of aryl methyl sites for hydroxylation is 1. The molecule has 2 aromatic rings. The van der Waals surface area contributed by atoms with Gasteiger partial charge in [0.05, 0.1) is 13.2 Å². The minimum atomic E-state index is 0.0967. The maximum Gasteiger partial charge on any atom is 0.227 e. The normalized spacial score (nSPS) is 15.1. The summed E-state index contributed by atoms with van der Waals surface area (Å²) in [6.07, 6.45) is 0.782. The average molecular weight is 374 g/mol. The van der Waals surface area contributed by atoms with E-state index in [9.17, 15) is 4.79 Å². The smallest absolute Gasteiger partial charge is 0.227 e. The standard InChI is InChI=1S/C19H26N4O4/c1-2-26-16-5-3-15(4-6-16)19-20-17(27-21-19)7-8-18(25)23-11-9-22(10-12-23)13-14-24/h3-6,24H,2,7-14H2,1H3. The molecule has 0 unspecified atom stereocenters. The van der Waals surface area contributed by atoms with Crippen molar-refractivity contribution in [2.24, 2.45) is 0 Å². The lowest BCUT2D eigenvalue weighted by Crippen LogP contribution is -2.49. The first-order valence-corrected chi connectivity index (χ1v) is 9.36. The van der Waals surface area contributed by atoms with E-state index < -0.39 is 0 Å². The highest BCUT2D eigenvalue weighted by atomic mass is 16.5. The Balaban J connectivity index is 1.48. The van der Waals surface area contributed by atoms with Crippen LogP contribution in [0.1, 0.15) is 19.2 Å². The van der Waals surface area contributed by atoms with Crippen molar-refractivity contribution in [3.05, 3.63) is 30.2 Å². The van der Waals surface area contributed by atoms with Crippen LogP contribution in [0.25, 0.3) is 11.4 Å². The summed E-state index contributed by atoms with van der Waals surface area (Å²) in [7, 11) is 0. The van der Waals surface area contributed by atoms with Crippen LogP contribution in [0.4, 0.5) is 0 Å². The lowest BCUT2D eigenvalue weighted by molar-refractivity contribution is -0.133. The molecule has 1 aromatic carbocycles. The molecule has 0 bridgehead atoms. The zero-order valence-corrected chi connectivity index (χ0v) is 15.6. The van der Waals surface area contributed by atoms with Crippen LogP contribution < -0.4 is 4.74 Å². The number of hydrogen-bond donors (Lipinski definition) is 1. The number of nitrogens with zero attached hydrogens (tertiary/aromatic N) is 4. The molecule has 1 aromatic heterocycles. The molecule has 2 heterocycles. The van der Waals surface area contributed by atoms with Gasteiger partial charge in [-0.05, 0) is 31.2 Å². The first kappa shape index (κ1) is 19.3. The van der Waals surface area contributed by atoms with Crippen LogP contribution >= 0.6 is 0 Å². The third-order valence-electron chi connectivity index (χ3n) is 4.59. The second kappa shape index (κ2) is 9.48. The third-order valence-corrected chi connectivity index (χ3v) is 4.59. The highest BCUT2D eigenvalue weighted by Gasteiger charge is 2.21. The van der Waals surface area contributed by atoms with Gasteiger partial charge in [0.1, 0.15) is 5.75 Å². The van der Waals surface area contributed by atoms with E-state index in [0.717, 1.165) is 24.4 Å². The largest absolute Gasteiger partial charge is 0.494 e. The third kappa shape index (κ3) is 5.27. The quantitative estimate of drug-likeness (QED) is 0.742. The Labute approximate surface area is 158 Å². The lowest BCUT2D eigenvalue weighted by Gasteiger charge is -2.34. The molecule has 1 aliphatic heterocycles. The highest BCUT2D eigenvalue weighted by Crippen LogP contribution is 2.20. The summed E-state index contributed by atoms with van der Waals surface area (Å²) in [6, 6.07) is 7.51. The summed E-state index contributed by atoms with van der Waals surface area (Å²) in [5.74, 6) is 1.87. The number of aliphatic hydroxyl groups is 1. The molecule has 8 heteroatoms. The molecule has 0 saturated carbocycles. The summed E-state index contributed by atoms with van der Waals surface area (Å²) in [5, 5.41) is 13.0.